The molecule has 0 fully saturated rings. The number of aryl methyl sites for hydroxylation is 1. The first-order chi connectivity index (χ1) is 15.3. The molecule has 166 valence electrons. The van der Waals surface area contributed by atoms with Crippen LogP contribution in [-0.2, 0) is 26.2 Å². The summed E-state index contributed by atoms with van der Waals surface area (Å²) in [6.07, 6.45) is 1.16. The number of ether oxygens (including phenoxy) is 1. The van der Waals surface area contributed by atoms with E-state index in [9.17, 15) is 9.59 Å². The predicted octanol–water partition coefficient (Wildman–Crippen LogP) is 5.06. The van der Waals surface area contributed by atoms with E-state index in [1.54, 1.807) is 16.7 Å². The molecule has 0 bridgehead atoms. The molecule has 2 heterocycles. The summed E-state index contributed by atoms with van der Waals surface area (Å²) in [5.74, 6) is 0.422. The number of fused-ring (bicyclic) bond motifs is 2. The van der Waals surface area contributed by atoms with Crippen molar-refractivity contribution in [1.82, 2.24) is 10.1 Å². The lowest BCUT2D eigenvalue weighted by molar-refractivity contribution is -0.147. The van der Waals surface area contributed by atoms with Crippen molar-refractivity contribution in [3.63, 3.8) is 0 Å². The van der Waals surface area contributed by atoms with E-state index in [1.165, 1.54) is 0 Å². The molecule has 0 spiro atoms. The number of amides is 1. The van der Waals surface area contributed by atoms with Gasteiger partial charge in [-0.1, -0.05) is 62.0 Å². The second kappa shape index (κ2) is 9.16. The number of hydrogen-bond acceptors (Lipinski definition) is 7. The lowest BCUT2D eigenvalue weighted by Crippen LogP contribution is -2.32. The summed E-state index contributed by atoms with van der Waals surface area (Å²) in [6, 6.07) is 15.4. The van der Waals surface area contributed by atoms with Gasteiger partial charge in [0, 0.05) is 28.0 Å². The van der Waals surface area contributed by atoms with Gasteiger partial charge >= 0.3 is 5.97 Å². The van der Waals surface area contributed by atoms with E-state index in [0.29, 0.717) is 24.6 Å². The van der Waals surface area contributed by atoms with Crippen LogP contribution in [0.2, 0.25) is 0 Å². The Kier molecular flexibility index (Phi) is 6.32. The van der Waals surface area contributed by atoms with Crippen molar-refractivity contribution < 1.29 is 18.8 Å². The zero-order valence-electron chi connectivity index (χ0n) is 18.3. The maximum absolute atomic E-state index is 13.0. The molecule has 0 aliphatic carbocycles. The summed E-state index contributed by atoms with van der Waals surface area (Å²) in [7, 11) is 0. The molecule has 0 N–H and O–H groups in total. The molecule has 0 atom stereocenters. The molecule has 1 aliphatic rings. The highest BCUT2D eigenvalue weighted by molar-refractivity contribution is 7.99. The number of carbonyl (C=O) groups is 2. The number of esters is 1. The number of rotatable bonds is 6. The lowest BCUT2D eigenvalue weighted by Gasteiger charge is -2.30. The Morgan fingerprint density at radius 1 is 1.03 bits per heavy atom. The van der Waals surface area contributed by atoms with Crippen LogP contribution in [0.1, 0.15) is 45.3 Å². The number of nitrogens with zero attached hydrogens (tertiary/aromatic N) is 3. The van der Waals surface area contributed by atoms with E-state index in [0.717, 1.165) is 21.2 Å². The third-order valence-corrected chi connectivity index (χ3v) is 6.08. The van der Waals surface area contributed by atoms with Crippen LogP contribution in [0.5, 0.6) is 0 Å². The Hall–Kier alpha value is -3.13. The lowest BCUT2D eigenvalue weighted by atomic mass is 9.96. The average molecular weight is 452 g/mol. The molecule has 8 heteroatoms. The van der Waals surface area contributed by atoms with Crippen molar-refractivity contribution in [2.24, 2.45) is 0 Å². The number of para-hydroxylation sites is 2. The molecule has 1 aromatic heterocycles. The average Bonchev–Trinajstić information content (AvgIpc) is 3.25. The van der Waals surface area contributed by atoms with E-state index in [1.807, 2.05) is 69.3 Å². The van der Waals surface area contributed by atoms with Gasteiger partial charge in [0.2, 0.25) is 5.89 Å². The topological polar surface area (TPSA) is 85.5 Å². The van der Waals surface area contributed by atoms with E-state index < -0.39 is 5.97 Å². The van der Waals surface area contributed by atoms with Gasteiger partial charge in [0.15, 0.2) is 12.4 Å². The second-order valence-corrected chi connectivity index (χ2v) is 9.63. The summed E-state index contributed by atoms with van der Waals surface area (Å²) in [6.45, 7) is 5.70. The maximum Gasteiger partial charge on any atom is 0.306 e. The Bertz CT molecular complexity index is 1090. The predicted molar refractivity (Wildman–Crippen MR) is 121 cm³/mol. The quantitative estimate of drug-likeness (QED) is 0.484. The molecule has 1 aliphatic heterocycles. The third kappa shape index (κ3) is 4.85. The zero-order valence-corrected chi connectivity index (χ0v) is 19.1. The number of benzene rings is 2. The first kappa shape index (κ1) is 22.1. The minimum Gasteiger partial charge on any atom is -0.456 e. The van der Waals surface area contributed by atoms with Crippen molar-refractivity contribution in [3.05, 3.63) is 60.2 Å². The van der Waals surface area contributed by atoms with Gasteiger partial charge in [-0.2, -0.15) is 4.98 Å². The normalized spacial score (nSPS) is 12.8. The highest BCUT2D eigenvalue weighted by Gasteiger charge is 2.28. The Labute approximate surface area is 191 Å². The smallest absolute Gasteiger partial charge is 0.306 e. The minimum absolute atomic E-state index is 0.170. The number of hydrogen-bond donors (Lipinski definition) is 0. The molecule has 0 saturated carbocycles. The second-order valence-electron chi connectivity index (χ2n) is 8.54. The molecule has 2 aromatic carbocycles. The monoisotopic (exact) mass is 451 g/mol. The molecular formula is C24H25N3O4S. The van der Waals surface area contributed by atoms with Crippen LogP contribution in [0.4, 0.5) is 11.4 Å². The van der Waals surface area contributed by atoms with E-state index in [2.05, 4.69) is 10.1 Å². The molecule has 1 amide bonds. The van der Waals surface area contributed by atoms with E-state index >= 15 is 0 Å². The van der Waals surface area contributed by atoms with Gasteiger partial charge in [0.25, 0.3) is 5.91 Å². The van der Waals surface area contributed by atoms with Crippen molar-refractivity contribution in [3.8, 4) is 0 Å². The fraction of sp³-hybridized carbons (Fsp3) is 0.333. The molecule has 7 nitrogen and oxygen atoms in total. The molecule has 32 heavy (non-hydrogen) atoms. The Balaban J connectivity index is 1.33. The highest BCUT2D eigenvalue weighted by Crippen LogP contribution is 2.47. The van der Waals surface area contributed by atoms with Crippen LogP contribution in [0, 0.1) is 0 Å². The molecule has 3 aromatic rings. The third-order valence-electron chi connectivity index (χ3n) is 4.95. The standard InChI is InChI=1S/C24H25N3O4S/c1-24(2,3)23-25-20(31-26-23)13-8-14-22(29)30-15-21(28)27-16-9-4-6-11-18(16)32-19-12-7-5-10-17(19)27/h4-7,9-12H,8,13-15H2,1-3H3. The number of anilines is 2. The minimum atomic E-state index is -0.429. The Morgan fingerprint density at radius 2 is 1.66 bits per heavy atom. The van der Waals surface area contributed by atoms with Crippen LogP contribution < -0.4 is 4.90 Å². The molecule has 0 radical (unpaired) electrons. The van der Waals surface area contributed by atoms with Crippen LogP contribution in [0.15, 0.2) is 62.8 Å². The van der Waals surface area contributed by atoms with Crippen LogP contribution in [0.3, 0.4) is 0 Å². The van der Waals surface area contributed by atoms with Gasteiger partial charge in [-0.05, 0) is 30.7 Å². The molecular weight excluding hydrogens is 426 g/mol. The number of aromatic nitrogens is 2. The SMILES string of the molecule is CC(C)(C)c1noc(CCCC(=O)OCC(=O)N2c3ccccc3Sc3ccccc32)n1. The van der Waals surface area contributed by atoms with E-state index in [-0.39, 0.29) is 24.3 Å². The molecule has 0 unspecified atom stereocenters. The van der Waals surface area contributed by atoms with Gasteiger partial charge in [-0.15, -0.1) is 0 Å². The first-order valence-corrected chi connectivity index (χ1v) is 11.3. The van der Waals surface area contributed by atoms with Gasteiger partial charge in [-0.3, -0.25) is 14.5 Å². The molecule has 4 rings (SSSR count). The maximum atomic E-state index is 13.0. The van der Waals surface area contributed by atoms with Gasteiger partial charge < -0.3 is 9.26 Å². The fourth-order valence-electron chi connectivity index (χ4n) is 3.30. The van der Waals surface area contributed by atoms with Crippen molar-refractivity contribution in [2.75, 3.05) is 11.5 Å². The number of carbonyl (C=O) groups excluding carboxylic acids is 2. The van der Waals surface area contributed by atoms with Crippen LogP contribution in [0.25, 0.3) is 0 Å². The van der Waals surface area contributed by atoms with Crippen molar-refractivity contribution in [1.29, 1.82) is 0 Å². The summed E-state index contributed by atoms with van der Waals surface area (Å²) < 4.78 is 10.5. The Morgan fingerprint density at radius 3 is 2.25 bits per heavy atom. The summed E-state index contributed by atoms with van der Waals surface area (Å²) in [5.41, 5.74) is 1.40. The van der Waals surface area contributed by atoms with Gasteiger partial charge in [0.05, 0.1) is 11.4 Å². The van der Waals surface area contributed by atoms with Gasteiger partial charge in [0.1, 0.15) is 0 Å². The molecule has 0 saturated heterocycles. The van der Waals surface area contributed by atoms with Crippen LogP contribution >= 0.6 is 11.8 Å². The van der Waals surface area contributed by atoms with E-state index in [4.69, 9.17) is 9.26 Å². The summed E-state index contributed by atoms with van der Waals surface area (Å²) >= 11 is 1.62. The summed E-state index contributed by atoms with van der Waals surface area (Å²) in [5, 5.41) is 3.98. The first-order valence-electron chi connectivity index (χ1n) is 10.5. The van der Waals surface area contributed by atoms with Crippen LogP contribution in [-0.4, -0.2) is 28.6 Å². The fourth-order valence-corrected chi connectivity index (χ4v) is 4.36. The largest absolute Gasteiger partial charge is 0.456 e. The zero-order chi connectivity index (χ0) is 22.7. The van der Waals surface area contributed by atoms with Gasteiger partial charge in [-0.25, -0.2) is 0 Å². The van der Waals surface area contributed by atoms with Crippen molar-refractivity contribution in [2.45, 2.75) is 55.2 Å². The van der Waals surface area contributed by atoms with Crippen molar-refractivity contribution >= 4 is 35.0 Å². The highest BCUT2D eigenvalue weighted by atomic mass is 32.2. The summed E-state index contributed by atoms with van der Waals surface area (Å²) in [4.78, 5) is 33.2.